The minimum absolute atomic E-state index is 0.206. The molecule has 2 aromatic carbocycles. The summed E-state index contributed by atoms with van der Waals surface area (Å²) in [6.45, 7) is 0.520. The Bertz CT molecular complexity index is 1160. The molecule has 1 atom stereocenters. The molecule has 2 aromatic rings. The molecule has 0 saturated heterocycles. The molecule has 36 heavy (non-hydrogen) atoms. The number of methoxy groups -OCH3 is 2. The quantitative estimate of drug-likeness (QED) is 0.295. The molecule has 0 fully saturated rings. The lowest BCUT2D eigenvalue weighted by Crippen LogP contribution is -2.35. The van der Waals surface area contributed by atoms with Gasteiger partial charge in [-0.3, -0.25) is 10.4 Å². The minimum atomic E-state index is -4.76. The molecule has 0 aromatic heterocycles. The van der Waals surface area contributed by atoms with Crippen LogP contribution in [-0.4, -0.2) is 45.7 Å². The molecule has 1 aliphatic rings. The number of ether oxygens (including phenoxy) is 3. The molecule has 10 heteroatoms. The van der Waals surface area contributed by atoms with Crippen LogP contribution in [0.25, 0.3) is 0 Å². The number of nitrogens with one attached hydrogen (secondary N) is 2. The van der Waals surface area contributed by atoms with E-state index in [1.54, 1.807) is 33.4 Å². The molecule has 0 bridgehead atoms. The van der Waals surface area contributed by atoms with Crippen molar-refractivity contribution in [1.29, 1.82) is 0 Å². The lowest BCUT2D eigenvalue weighted by molar-refractivity contribution is -0.274. The number of hydrazone groups is 1. The predicted molar refractivity (Wildman–Crippen MR) is 134 cm³/mol. The van der Waals surface area contributed by atoms with Gasteiger partial charge in [0, 0.05) is 25.2 Å². The Morgan fingerprint density at radius 1 is 1.00 bits per heavy atom. The third kappa shape index (κ3) is 8.02. The van der Waals surface area contributed by atoms with Crippen LogP contribution in [0, 0.1) is 0 Å². The highest BCUT2D eigenvalue weighted by atomic mass is 19.4. The molecular weight excluding hydrogens is 473 g/mol. The van der Waals surface area contributed by atoms with E-state index in [4.69, 9.17) is 9.47 Å². The van der Waals surface area contributed by atoms with Gasteiger partial charge in [-0.05, 0) is 35.4 Å². The lowest BCUT2D eigenvalue weighted by atomic mass is 10.0. The third-order valence-electron chi connectivity index (χ3n) is 5.05. The fraction of sp³-hybridized carbons (Fsp3) is 0.231. The van der Waals surface area contributed by atoms with Crippen molar-refractivity contribution >= 4 is 12.1 Å². The number of benzene rings is 2. The number of aliphatic imine (C=N–C) groups is 1. The van der Waals surface area contributed by atoms with Crippen molar-refractivity contribution < 1.29 is 27.4 Å². The number of nitrogens with zero attached hydrogens (tertiary/aromatic N) is 2. The van der Waals surface area contributed by atoms with Crippen molar-refractivity contribution in [3.63, 3.8) is 0 Å². The SMILES string of the molecule is CN=C(N/N=C/c1cccc(OC(F)(F)F)c1)C1=CC=CC=CC1NCc1cc(OC)cc(OC)c1. The van der Waals surface area contributed by atoms with Crippen molar-refractivity contribution in [1.82, 2.24) is 10.7 Å². The number of allylic oxidation sites excluding steroid dienone is 4. The van der Waals surface area contributed by atoms with Crippen molar-refractivity contribution in [3.05, 3.63) is 89.5 Å². The maximum atomic E-state index is 12.5. The molecule has 0 amide bonds. The Hall–Kier alpha value is -4.05. The number of rotatable bonds is 9. The average Bonchev–Trinajstić information content (AvgIpc) is 3.10. The number of hydrogen-bond donors (Lipinski definition) is 2. The van der Waals surface area contributed by atoms with Gasteiger partial charge in [0.05, 0.1) is 26.5 Å². The van der Waals surface area contributed by atoms with E-state index >= 15 is 0 Å². The molecule has 1 aliphatic carbocycles. The molecule has 7 nitrogen and oxygen atoms in total. The van der Waals surface area contributed by atoms with Gasteiger partial charge in [0.1, 0.15) is 23.1 Å². The van der Waals surface area contributed by atoms with Crippen LogP contribution in [0.5, 0.6) is 17.2 Å². The van der Waals surface area contributed by atoms with Gasteiger partial charge < -0.3 is 19.5 Å². The van der Waals surface area contributed by atoms with E-state index < -0.39 is 6.36 Å². The molecule has 2 N–H and O–H groups in total. The summed E-state index contributed by atoms with van der Waals surface area (Å²) >= 11 is 0. The highest BCUT2D eigenvalue weighted by Crippen LogP contribution is 2.24. The van der Waals surface area contributed by atoms with Crippen LogP contribution in [0.2, 0.25) is 0 Å². The fourth-order valence-corrected chi connectivity index (χ4v) is 3.41. The zero-order valence-corrected chi connectivity index (χ0v) is 20.0. The van der Waals surface area contributed by atoms with Gasteiger partial charge in [-0.15, -0.1) is 13.2 Å². The molecule has 3 rings (SSSR count). The van der Waals surface area contributed by atoms with E-state index in [-0.39, 0.29) is 11.8 Å². The van der Waals surface area contributed by atoms with E-state index in [1.807, 2.05) is 42.5 Å². The molecule has 190 valence electrons. The Balaban J connectivity index is 1.71. The van der Waals surface area contributed by atoms with Crippen LogP contribution < -0.4 is 25.0 Å². The van der Waals surface area contributed by atoms with Crippen LogP contribution in [0.4, 0.5) is 13.2 Å². The van der Waals surface area contributed by atoms with E-state index in [0.717, 1.165) is 11.1 Å². The maximum Gasteiger partial charge on any atom is 0.573 e. The first-order valence-electron chi connectivity index (χ1n) is 10.9. The summed E-state index contributed by atoms with van der Waals surface area (Å²) in [7, 11) is 4.82. The Labute approximate surface area is 207 Å². The van der Waals surface area contributed by atoms with Crippen LogP contribution in [0.3, 0.4) is 0 Å². The number of hydrogen-bond acceptors (Lipinski definition) is 6. The van der Waals surface area contributed by atoms with Crippen molar-refractivity contribution in [2.45, 2.75) is 18.9 Å². The van der Waals surface area contributed by atoms with E-state index in [9.17, 15) is 13.2 Å². The summed E-state index contributed by atoms with van der Waals surface area (Å²) in [4.78, 5) is 4.31. The predicted octanol–water partition coefficient (Wildman–Crippen LogP) is 4.77. The topological polar surface area (TPSA) is 76.5 Å². The number of alkyl halides is 3. The maximum absolute atomic E-state index is 12.5. The van der Waals surface area contributed by atoms with Gasteiger partial charge in [-0.25, -0.2) is 0 Å². The molecule has 0 spiro atoms. The third-order valence-corrected chi connectivity index (χ3v) is 5.05. The Kier molecular flexibility index (Phi) is 9.29. The van der Waals surface area contributed by atoms with E-state index in [1.165, 1.54) is 24.4 Å². The largest absolute Gasteiger partial charge is 0.573 e. The van der Waals surface area contributed by atoms with Gasteiger partial charge in [-0.1, -0.05) is 42.5 Å². The number of amidine groups is 1. The minimum Gasteiger partial charge on any atom is -0.497 e. The highest BCUT2D eigenvalue weighted by Gasteiger charge is 2.31. The summed E-state index contributed by atoms with van der Waals surface area (Å²) in [5.74, 6) is 1.55. The summed E-state index contributed by atoms with van der Waals surface area (Å²) in [6.07, 6.45) is 6.24. The van der Waals surface area contributed by atoms with Crippen LogP contribution in [0.15, 0.2) is 88.5 Å². The van der Waals surface area contributed by atoms with Crippen LogP contribution in [-0.2, 0) is 6.54 Å². The summed E-state index contributed by atoms with van der Waals surface area (Å²) in [5, 5.41) is 7.64. The van der Waals surface area contributed by atoms with Gasteiger partial charge in [-0.2, -0.15) is 5.10 Å². The van der Waals surface area contributed by atoms with Gasteiger partial charge in [0.2, 0.25) is 0 Å². The van der Waals surface area contributed by atoms with Gasteiger partial charge >= 0.3 is 6.36 Å². The summed E-state index contributed by atoms with van der Waals surface area (Å²) in [5.41, 5.74) is 5.11. The van der Waals surface area contributed by atoms with Gasteiger partial charge in [0.15, 0.2) is 0 Å². The van der Waals surface area contributed by atoms with Crippen molar-refractivity contribution in [3.8, 4) is 17.2 Å². The monoisotopic (exact) mass is 500 g/mol. The fourth-order valence-electron chi connectivity index (χ4n) is 3.41. The second-order valence-corrected chi connectivity index (χ2v) is 7.53. The standard InChI is InChI=1S/C26H27F3N4O3/c1-30-25(33-32-17-18-8-7-9-20(12-18)36-26(27,28)29)23-10-5-4-6-11-24(23)31-16-19-13-21(34-2)15-22(14-19)35-3/h4-15,17,24,31H,16H2,1-3H3,(H,30,33)/b32-17+. The van der Waals surface area contributed by atoms with Crippen molar-refractivity contribution in [2.75, 3.05) is 21.3 Å². The van der Waals surface area contributed by atoms with Crippen molar-refractivity contribution in [2.24, 2.45) is 10.1 Å². The molecule has 0 saturated carbocycles. The Morgan fingerprint density at radius 3 is 2.42 bits per heavy atom. The molecule has 0 radical (unpaired) electrons. The molecule has 0 aliphatic heterocycles. The second-order valence-electron chi connectivity index (χ2n) is 7.53. The van der Waals surface area contributed by atoms with E-state index in [2.05, 4.69) is 25.6 Å². The second kappa shape index (κ2) is 12.6. The normalized spacial score (nSPS) is 16.0. The zero-order chi connectivity index (χ0) is 26.0. The molecular formula is C26H27F3N4O3. The van der Waals surface area contributed by atoms with Crippen LogP contribution in [0.1, 0.15) is 11.1 Å². The molecule has 0 heterocycles. The Morgan fingerprint density at radius 2 is 1.75 bits per heavy atom. The smallest absolute Gasteiger partial charge is 0.497 e. The average molecular weight is 501 g/mol. The van der Waals surface area contributed by atoms with Gasteiger partial charge in [0.25, 0.3) is 0 Å². The zero-order valence-electron chi connectivity index (χ0n) is 20.0. The molecule has 1 unspecified atom stereocenters. The first-order chi connectivity index (χ1) is 17.3. The van der Waals surface area contributed by atoms with E-state index in [0.29, 0.717) is 29.4 Å². The first-order valence-corrected chi connectivity index (χ1v) is 10.9. The number of halogens is 3. The summed E-state index contributed by atoms with van der Waals surface area (Å²) in [6, 6.07) is 11.0. The lowest BCUT2D eigenvalue weighted by Gasteiger charge is -2.20. The first kappa shape index (κ1) is 26.6. The highest BCUT2D eigenvalue weighted by molar-refractivity contribution is 6.00. The summed E-state index contributed by atoms with van der Waals surface area (Å²) < 4.78 is 52.1. The van der Waals surface area contributed by atoms with Crippen LogP contribution >= 0.6 is 0 Å².